The van der Waals surface area contributed by atoms with Crippen LogP contribution in [0.4, 0.5) is 10.2 Å². The van der Waals surface area contributed by atoms with Gasteiger partial charge in [-0.3, -0.25) is 0 Å². The van der Waals surface area contributed by atoms with Crippen molar-refractivity contribution in [2.45, 2.75) is 19.0 Å². The fraction of sp³-hybridized carbons (Fsp3) is 0.583. The number of aromatic nitrogens is 1. The first-order chi connectivity index (χ1) is 8.93. The van der Waals surface area contributed by atoms with Crippen LogP contribution in [-0.2, 0) is 16.4 Å². The van der Waals surface area contributed by atoms with Crippen molar-refractivity contribution < 1.29 is 12.8 Å². The van der Waals surface area contributed by atoms with Gasteiger partial charge in [-0.05, 0) is 19.5 Å². The summed E-state index contributed by atoms with van der Waals surface area (Å²) in [5.74, 6) is 0.603. The molecular formula is C12H18FN3O2S. The highest BCUT2D eigenvalue weighted by atomic mass is 32.2. The second-order valence-electron chi connectivity index (χ2n) is 4.83. The zero-order valence-corrected chi connectivity index (χ0v) is 11.9. The number of nitrogens with one attached hydrogen (secondary N) is 1. The smallest absolute Gasteiger partial charge is 0.152 e. The Kier molecular flexibility index (Phi) is 4.05. The minimum atomic E-state index is -2.94. The van der Waals surface area contributed by atoms with E-state index >= 15 is 0 Å². The van der Waals surface area contributed by atoms with Crippen LogP contribution in [0.15, 0.2) is 12.3 Å². The van der Waals surface area contributed by atoms with E-state index in [0.29, 0.717) is 18.8 Å². The molecule has 106 valence electrons. The maximum absolute atomic E-state index is 13.2. The van der Waals surface area contributed by atoms with E-state index in [2.05, 4.69) is 10.3 Å². The number of rotatable bonds is 4. The molecule has 1 atom stereocenters. The second kappa shape index (κ2) is 5.42. The van der Waals surface area contributed by atoms with Crippen LogP contribution >= 0.6 is 0 Å². The number of nitrogens with zero attached hydrogens (tertiary/aromatic N) is 2. The Morgan fingerprint density at radius 3 is 2.89 bits per heavy atom. The van der Waals surface area contributed by atoms with Crippen LogP contribution in [0.2, 0.25) is 0 Å². The zero-order chi connectivity index (χ0) is 14.0. The van der Waals surface area contributed by atoms with Crippen molar-refractivity contribution in [1.29, 1.82) is 0 Å². The van der Waals surface area contributed by atoms with E-state index in [9.17, 15) is 12.8 Å². The van der Waals surface area contributed by atoms with Crippen molar-refractivity contribution >= 4 is 15.7 Å². The number of sulfone groups is 1. The van der Waals surface area contributed by atoms with Gasteiger partial charge in [0, 0.05) is 25.2 Å². The molecule has 2 heterocycles. The standard InChI is InChI=1S/C12H18FN3O2S/c1-14-6-9-5-10(13)7-15-12(9)16(2)11-3-4-19(17,18)8-11/h5,7,11,14H,3-4,6,8H2,1-2H3. The van der Waals surface area contributed by atoms with Crippen LogP contribution in [0.3, 0.4) is 0 Å². The number of hydrogen-bond donors (Lipinski definition) is 1. The molecule has 7 heteroatoms. The molecule has 1 aromatic heterocycles. The fourth-order valence-electron chi connectivity index (χ4n) is 2.37. The summed E-state index contributed by atoms with van der Waals surface area (Å²) in [5.41, 5.74) is 0.731. The normalized spacial score (nSPS) is 21.5. The van der Waals surface area contributed by atoms with Crippen LogP contribution in [-0.4, -0.2) is 45.0 Å². The van der Waals surface area contributed by atoms with Gasteiger partial charge in [0.1, 0.15) is 11.6 Å². The van der Waals surface area contributed by atoms with E-state index in [-0.39, 0.29) is 23.4 Å². The van der Waals surface area contributed by atoms with Gasteiger partial charge < -0.3 is 10.2 Å². The predicted molar refractivity (Wildman–Crippen MR) is 72.4 cm³/mol. The lowest BCUT2D eigenvalue weighted by molar-refractivity contribution is 0.599. The van der Waals surface area contributed by atoms with E-state index in [1.165, 1.54) is 6.07 Å². The number of pyridine rings is 1. The quantitative estimate of drug-likeness (QED) is 0.877. The molecule has 0 radical (unpaired) electrons. The highest BCUT2D eigenvalue weighted by molar-refractivity contribution is 7.91. The molecule has 1 saturated heterocycles. The Morgan fingerprint density at radius 1 is 1.58 bits per heavy atom. The highest BCUT2D eigenvalue weighted by Gasteiger charge is 2.31. The lowest BCUT2D eigenvalue weighted by Crippen LogP contribution is -2.34. The molecule has 0 spiro atoms. The summed E-state index contributed by atoms with van der Waals surface area (Å²) in [6, 6.07) is 1.34. The maximum Gasteiger partial charge on any atom is 0.152 e. The number of hydrogen-bond acceptors (Lipinski definition) is 5. The topological polar surface area (TPSA) is 62.3 Å². The Balaban J connectivity index is 2.26. The molecule has 1 N–H and O–H groups in total. The lowest BCUT2D eigenvalue weighted by atomic mass is 10.2. The Morgan fingerprint density at radius 2 is 2.32 bits per heavy atom. The monoisotopic (exact) mass is 287 g/mol. The first kappa shape index (κ1) is 14.2. The van der Waals surface area contributed by atoms with E-state index in [1.54, 1.807) is 7.05 Å². The number of halogens is 1. The molecule has 0 saturated carbocycles. The first-order valence-corrected chi connectivity index (χ1v) is 7.97. The fourth-order valence-corrected chi connectivity index (χ4v) is 4.14. The molecular weight excluding hydrogens is 269 g/mol. The van der Waals surface area contributed by atoms with E-state index in [1.807, 2.05) is 11.9 Å². The summed E-state index contributed by atoms with van der Waals surface area (Å²) in [6.07, 6.45) is 1.76. The molecule has 1 unspecified atom stereocenters. The van der Waals surface area contributed by atoms with Gasteiger partial charge in [-0.2, -0.15) is 0 Å². The Labute approximate surface area is 112 Å². The molecule has 1 aliphatic heterocycles. The summed E-state index contributed by atoms with van der Waals surface area (Å²) in [7, 11) is 0.642. The highest BCUT2D eigenvalue weighted by Crippen LogP contribution is 2.24. The molecule has 1 aromatic rings. The van der Waals surface area contributed by atoms with Crippen molar-refractivity contribution in [3.05, 3.63) is 23.6 Å². The molecule has 0 aliphatic carbocycles. The van der Waals surface area contributed by atoms with Crippen molar-refractivity contribution in [1.82, 2.24) is 10.3 Å². The van der Waals surface area contributed by atoms with Gasteiger partial charge in [-0.15, -0.1) is 0 Å². The lowest BCUT2D eigenvalue weighted by Gasteiger charge is -2.26. The molecule has 1 fully saturated rings. The van der Waals surface area contributed by atoms with Crippen LogP contribution in [0.25, 0.3) is 0 Å². The van der Waals surface area contributed by atoms with Crippen LogP contribution < -0.4 is 10.2 Å². The second-order valence-corrected chi connectivity index (χ2v) is 7.06. The van der Waals surface area contributed by atoms with Gasteiger partial charge in [0.2, 0.25) is 0 Å². The van der Waals surface area contributed by atoms with Gasteiger partial charge in [-0.25, -0.2) is 17.8 Å². The summed E-state index contributed by atoms with van der Waals surface area (Å²) in [5, 5.41) is 2.96. The van der Waals surface area contributed by atoms with E-state index in [4.69, 9.17) is 0 Å². The van der Waals surface area contributed by atoms with Crippen molar-refractivity contribution in [2.75, 3.05) is 30.5 Å². The first-order valence-electron chi connectivity index (χ1n) is 6.15. The van der Waals surface area contributed by atoms with Gasteiger partial charge >= 0.3 is 0 Å². The van der Waals surface area contributed by atoms with Gasteiger partial charge in [-0.1, -0.05) is 0 Å². The average molecular weight is 287 g/mol. The molecule has 1 aliphatic rings. The van der Waals surface area contributed by atoms with Crippen LogP contribution in [0.1, 0.15) is 12.0 Å². The SMILES string of the molecule is CNCc1cc(F)cnc1N(C)C1CCS(=O)(=O)C1. The van der Waals surface area contributed by atoms with Crippen LogP contribution in [0.5, 0.6) is 0 Å². The van der Waals surface area contributed by atoms with Crippen molar-refractivity contribution in [2.24, 2.45) is 0 Å². The molecule has 0 amide bonds. The molecule has 0 bridgehead atoms. The zero-order valence-electron chi connectivity index (χ0n) is 11.1. The largest absolute Gasteiger partial charge is 0.355 e. The molecule has 5 nitrogen and oxygen atoms in total. The summed E-state index contributed by atoms with van der Waals surface area (Å²) >= 11 is 0. The third kappa shape index (κ3) is 3.22. The average Bonchev–Trinajstić information content (AvgIpc) is 2.70. The van der Waals surface area contributed by atoms with E-state index in [0.717, 1.165) is 11.8 Å². The van der Waals surface area contributed by atoms with E-state index < -0.39 is 9.84 Å². The minimum Gasteiger partial charge on any atom is -0.355 e. The predicted octanol–water partition coefficient (Wildman–Crippen LogP) is 0.563. The van der Waals surface area contributed by atoms with Crippen LogP contribution in [0, 0.1) is 5.82 Å². The summed E-state index contributed by atoms with van der Waals surface area (Å²) in [4.78, 5) is 5.95. The Hall–Kier alpha value is -1.21. The summed E-state index contributed by atoms with van der Waals surface area (Å²) < 4.78 is 36.3. The van der Waals surface area contributed by atoms with Gasteiger partial charge in [0.25, 0.3) is 0 Å². The van der Waals surface area contributed by atoms with Gasteiger partial charge in [0.05, 0.1) is 17.7 Å². The molecule has 19 heavy (non-hydrogen) atoms. The molecule has 2 rings (SSSR count). The Bertz CT molecular complexity index is 562. The third-order valence-electron chi connectivity index (χ3n) is 3.37. The van der Waals surface area contributed by atoms with Crippen molar-refractivity contribution in [3.63, 3.8) is 0 Å². The summed E-state index contributed by atoms with van der Waals surface area (Å²) in [6.45, 7) is 0.490. The number of anilines is 1. The van der Waals surface area contributed by atoms with Crippen molar-refractivity contribution in [3.8, 4) is 0 Å². The third-order valence-corrected chi connectivity index (χ3v) is 5.12. The maximum atomic E-state index is 13.2. The molecule has 0 aromatic carbocycles. The van der Waals surface area contributed by atoms with Gasteiger partial charge in [0.15, 0.2) is 9.84 Å². The minimum absolute atomic E-state index is 0.0847.